The van der Waals surface area contributed by atoms with Crippen LogP contribution in [0.3, 0.4) is 0 Å². The molecule has 1 aromatic rings. The molecule has 0 saturated carbocycles. The van der Waals surface area contributed by atoms with Gasteiger partial charge in [0.05, 0.1) is 13.7 Å². The summed E-state index contributed by atoms with van der Waals surface area (Å²) >= 11 is 0. The summed E-state index contributed by atoms with van der Waals surface area (Å²) in [4.78, 5) is 18.0. The van der Waals surface area contributed by atoms with E-state index in [0.29, 0.717) is 38.2 Å². The van der Waals surface area contributed by atoms with Gasteiger partial charge in [-0.2, -0.15) is 0 Å². The molecule has 1 amide bonds. The molecule has 2 rings (SSSR count). The smallest absolute Gasteiger partial charge is 0.409 e. The van der Waals surface area contributed by atoms with E-state index in [1.54, 1.807) is 4.90 Å². The molecule has 2 N–H and O–H groups in total. The van der Waals surface area contributed by atoms with Crippen molar-refractivity contribution in [3.8, 4) is 5.75 Å². The first-order valence-corrected chi connectivity index (χ1v) is 10.1. The first-order valence-electron chi connectivity index (χ1n) is 10.1. The van der Waals surface area contributed by atoms with Crippen molar-refractivity contribution in [3.05, 3.63) is 29.8 Å². The number of rotatable bonds is 7. The minimum atomic E-state index is -0.252. The number of nitrogens with zero attached hydrogens (tertiary/aromatic N) is 2. The number of guanidine groups is 1. The Hall–Kier alpha value is -2.44. The van der Waals surface area contributed by atoms with Crippen LogP contribution in [0, 0.1) is 0 Å². The van der Waals surface area contributed by atoms with Crippen LogP contribution in [-0.4, -0.2) is 62.9 Å². The number of piperidine rings is 1. The van der Waals surface area contributed by atoms with Crippen LogP contribution in [-0.2, 0) is 4.74 Å². The molecule has 1 heterocycles. The summed E-state index contributed by atoms with van der Waals surface area (Å²) in [7, 11) is 1.42. The largest absolute Gasteiger partial charge is 0.491 e. The van der Waals surface area contributed by atoms with Crippen molar-refractivity contribution in [2.24, 2.45) is 4.99 Å². The molecular weight excluding hydrogens is 356 g/mol. The molecule has 0 spiro atoms. The number of amides is 1. The van der Waals surface area contributed by atoms with Crippen LogP contribution in [0.5, 0.6) is 5.75 Å². The molecular formula is C21H34N4O3. The second-order valence-electron chi connectivity index (χ2n) is 7.18. The van der Waals surface area contributed by atoms with Crippen LogP contribution in [0.2, 0.25) is 0 Å². The van der Waals surface area contributed by atoms with Gasteiger partial charge >= 0.3 is 6.09 Å². The Morgan fingerprint density at radius 2 is 2.00 bits per heavy atom. The highest BCUT2D eigenvalue weighted by atomic mass is 16.5. The van der Waals surface area contributed by atoms with Gasteiger partial charge in [0.15, 0.2) is 5.96 Å². The Bertz CT molecular complexity index is 640. The molecule has 1 aliphatic rings. The molecule has 0 radical (unpaired) electrons. The third-order valence-electron chi connectivity index (χ3n) is 4.77. The molecule has 28 heavy (non-hydrogen) atoms. The Kier molecular flexibility index (Phi) is 8.91. The Morgan fingerprint density at radius 1 is 1.29 bits per heavy atom. The summed E-state index contributed by atoms with van der Waals surface area (Å²) in [5.74, 6) is 2.15. The zero-order chi connectivity index (χ0) is 20.4. The van der Waals surface area contributed by atoms with Crippen LogP contribution in [0.4, 0.5) is 4.79 Å². The van der Waals surface area contributed by atoms with E-state index in [4.69, 9.17) is 9.47 Å². The summed E-state index contributed by atoms with van der Waals surface area (Å²) < 4.78 is 10.7. The molecule has 0 aliphatic carbocycles. The Morgan fingerprint density at radius 3 is 2.64 bits per heavy atom. The van der Waals surface area contributed by atoms with Crippen LogP contribution in [0.25, 0.3) is 0 Å². The van der Waals surface area contributed by atoms with Gasteiger partial charge in [-0.3, -0.25) is 0 Å². The molecule has 1 aliphatic heterocycles. The predicted molar refractivity (Wildman–Crippen MR) is 112 cm³/mol. The van der Waals surface area contributed by atoms with Gasteiger partial charge in [0, 0.05) is 25.7 Å². The number of aliphatic imine (C=N–C) groups is 1. The molecule has 0 atom stereocenters. The first kappa shape index (κ1) is 21.9. The molecule has 1 aromatic carbocycles. The maximum Gasteiger partial charge on any atom is 0.409 e. The van der Waals surface area contributed by atoms with Gasteiger partial charge in [0.2, 0.25) is 0 Å². The van der Waals surface area contributed by atoms with Gasteiger partial charge in [-0.05, 0) is 37.3 Å². The number of likely N-dealkylation sites (tertiary alicyclic amines) is 1. The summed E-state index contributed by atoms with van der Waals surface area (Å²) in [5.41, 5.74) is 1.22. The zero-order valence-electron chi connectivity index (χ0n) is 17.5. The van der Waals surface area contributed by atoms with Crippen molar-refractivity contribution < 1.29 is 14.3 Å². The van der Waals surface area contributed by atoms with Gasteiger partial charge in [0.1, 0.15) is 12.4 Å². The number of hydrogen-bond donors (Lipinski definition) is 2. The average molecular weight is 391 g/mol. The highest BCUT2D eigenvalue weighted by molar-refractivity contribution is 5.80. The maximum absolute atomic E-state index is 11.6. The Balaban J connectivity index is 1.82. The predicted octanol–water partition coefficient (Wildman–Crippen LogP) is 2.97. The van der Waals surface area contributed by atoms with Crippen LogP contribution < -0.4 is 15.4 Å². The number of hydrogen-bond acceptors (Lipinski definition) is 4. The second-order valence-corrected chi connectivity index (χ2v) is 7.18. The van der Waals surface area contributed by atoms with E-state index >= 15 is 0 Å². The molecule has 7 heteroatoms. The summed E-state index contributed by atoms with van der Waals surface area (Å²) in [5, 5.41) is 6.75. The van der Waals surface area contributed by atoms with E-state index in [2.05, 4.69) is 35.5 Å². The van der Waals surface area contributed by atoms with Crippen molar-refractivity contribution in [3.63, 3.8) is 0 Å². The third kappa shape index (κ3) is 6.62. The van der Waals surface area contributed by atoms with E-state index in [0.717, 1.165) is 31.1 Å². The van der Waals surface area contributed by atoms with Crippen molar-refractivity contribution >= 4 is 12.1 Å². The topological polar surface area (TPSA) is 75.2 Å². The van der Waals surface area contributed by atoms with Gasteiger partial charge in [0.25, 0.3) is 0 Å². The van der Waals surface area contributed by atoms with Gasteiger partial charge < -0.3 is 25.0 Å². The number of carbonyl (C=O) groups excluding carboxylic acids is 1. The van der Waals surface area contributed by atoms with E-state index < -0.39 is 0 Å². The molecule has 7 nitrogen and oxygen atoms in total. The lowest BCUT2D eigenvalue weighted by molar-refractivity contribution is 0.111. The number of carbonyl (C=O) groups is 1. The Labute approximate surface area is 168 Å². The summed E-state index contributed by atoms with van der Waals surface area (Å²) in [6.07, 6.45) is 1.49. The summed E-state index contributed by atoms with van der Waals surface area (Å²) in [6.45, 7) is 9.66. The molecule has 0 bridgehead atoms. The fourth-order valence-corrected chi connectivity index (χ4v) is 3.25. The highest BCUT2D eigenvalue weighted by Crippen LogP contribution is 2.25. The molecule has 1 saturated heterocycles. The maximum atomic E-state index is 11.6. The molecule has 0 aromatic heterocycles. The third-order valence-corrected chi connectivity index (χ3v) is 4.77. The first-order chi connectivity index (χ1) is 13.5. The lowest BCUT2D eigenvalue weighted by atomic mass is 10.0. The lowest BCUT2D eigenvalue weighted by Crippen LogP contribution is -2.49. The lowest BCUT2D eigenvalue weighted by Gasteiger charge is -2.32. The number of methoxy groups -OCH3 is 1. The molecule has 1 fully saturated rings. The average Bonchev–Trinajstić information content (AvgIpc) is 2.71. The quantitative estimate of drug-likeness (QED) is 0.425. The van der Waals surface area contributed by atoms with Crippen LogP contribution in [0.1, 0.15) is 45.1 Å². The summed E-state index contributed by atoms with van der Waals surface area (Å²) in [6, 6.07) is 8.45. The fraction of sp³-hybridized carbons (Fsp3) is 0.619. The standard InChI is InChI=1S/C21H34N4O3/c1-5-22-20(24-17-10-13-25(14-11-17)21(26)27-4)23-12-15-28-19-9-7-6-8-18(19)16(2)3/h6-9,16-17H,5,10-15H2,1-4H3,(H2,22,23,24). The zero-order valence-corrected chi connectivity index (χ0v) is 17.5. The number of nitrogens with one attached hydrogen (secondary N) is 2. The van der Waals surface area contributed by atoms with Crippen molar-refractivity contribution in [2.75, 3.05) is 39.9 Å². The monoisotopic (exact) mass is 390 g/mol. The second kappa shape index (κ2) is 11.4. The SMILES string of the molecule is CCNC(=NCCOc1ccccc1C(C)C)NC1CCN(C(=O)OC)CC1. The van der Waals surface area contributed by atoms with Crippen LogP contribution in [0.15, 0.2) is 29.3 Å². The number of ether oxygens (including phenoxy) is 2. The number of benzene rings is 1. The van der Waals surface area contributed by atoms with Crippen molar-refractivity contribution in [1.82, 2.24) is 15.5 Å². The van der Waals surface area contributed by atoms with Crippen molar-refractivity contribution in [1.29, 1.82) is 0 Å². The minimum absolute atomic E-state index is 0.252. The van der Waals surface area contributed by atoms with E-state index in [-0.39, 0.29) is 6.09 Å². The van der Waals surface area contributed by atoms with E-state index in [1.807, 2.05) is 25.1 Å². The van der Waals surface area contributed by atoms with Gasteiger partial charge in [-0.15, -0.1) is 0 Å². The van der Waals surface area contributed by atoms with Crippen LogP contribution >= 0.6 is 0 Å². The highest BCUT2D eigenvalue weighted by Gasteiger charge is 2.23. The molecule has 156 valence electrons. The van der Waals surface area contributed by atoms with Crippen molar-refractivity contribution in [2.45, 2.75) is 45.6 Å². The van der Waals surface area contributed by atoms with Gasteiger partial charge in [-0.1, -0.05) is 32.0 Å². The molecule has 0 unspecified atom stereocenters. The number of para-hydroxylation sites is 1. The normalized spacial score (nSPS) is 15.5. The fourth-order valence-electron chi connectivity index (χ4n) is 3.25. The van der Waals surface area contributed by atoms with E-state index in [9.17, 15) is 4.79 Å². The van der Waals surface area contributed by atoms with Gasteiger partial charge in [-0.25, -0.2) is 9.79 Å². The minimum Gasteiger partial charge on any atom is -0.491 e. The van der Waals surface area contributed by atoms with E-state index in [1.165, 1.54) is 12.7 Å².